The molecule has 5 heterocycles. The third-order valence-electron chi connectivity index (χ3n) is 7.24. The van der Waals surface area contributed by atoms with Crippen molar-refractivity contribution in [2.75, 3.05) is 31.2 Å². The highest BCUT2D eigenvalue weighted by Crippen LogP contribution is 2.43. The summed E-state index contributed by atoms with van der Waals surface area (Å²) < 4.78 is 88.8. The van der Waals surface area contributed by atoms with Crippen LogP contribution in [0.25, 0.3) is 16.3 Å². The summed E-state index contributed by atoms with van der Waals surface area (Å²) in [6.45, 7) is 2.66. The van der Waals surface area contributed by atoms with E-state index in [1.807, 2.05) is 4.90 Å². The molecule has 15 heteroatoms. The number of nitrogens with zero attached hydrogens (tertiary/aromatic N) is 5. The molecule has 6 rings (SSSR count). The van der Waals surface area contributed by atoms with Gasteiger partial charge in [-0.3, -0.25) is 4.40 Å². The van der Waals surface area contributed by atoms with Gasteiger partial charge in [-0.1, -0.05) is 11.3 Å². The Kier molecular flexibility index (Phi) is 5.55. The lowest BCUT2D eigenvalue weighted by atomic mass is 9.77. The van der Waals surface area contributed by atoms with Crippen LogP contribution in [0.4, 0.5) is 23.2 Å². The highest BCUT2D eigenvalue weighted by molar-refractivity contribution is 7.89. The summed E-state index contributed by atoms with van der Waals surface area (Å²) in [4.78, 5) is 6.24. The Balaban J connectivity index is 1.44. The molecular weight excluding hydrogens is 524 g/mol. The van der Waals surface area contributed by atoms with Gasteiger partial charge in [0.1, 0.15) is 10.6 Å². The molecule has 1 spiro atoms. The summed E-state index contributed by atoms with van der Waals surface area (Å²) in [7, 11) is -4.33. The first-order valence-electron chi connectivity index (χ1n) is 11.4. The maximum atomic E-state index is 13.5. The molecule has 36 heavy (non-hydrogen) atoms. The lowest BCUT2D eigenvalue weighted by molar-refractivity contribution is -0.124. The van der Waals surface area contributed by atoms with Crippen molar-refractivity contribution in [1.82, 2.24) is 24.3 Å². The van der Waals surface area contributed by atoms with Gasteiger partial charge in [0, 0.05) is 24.7 Å². The van der Waals surface area contributed by atoms with E-state index in [2.05, 4.69) is 19.9 Å². The average molecular weight is 547 g/mol. The zero-order chi connectivity index (χ0) is 25.3. The van der Waals surface area contributed by atoms with Crippen molar-refractivity contribution in [3.63, 3.8) is 0 Å². The van der Waals surface area contributed by atoms with Crippen molar-refractivity contribution in [3.05, 3.63) is 23.5 Å². The normalized spacial score (nSPS) is 21.0. The Labute approximate surface area is 207 Å². The third-order valence-corrected chi connectivity index (χ3v) is 9.72. The number of ether oxygens (including phenoxy) is 1. The highest BCUT2D eigenvalue weighted by atomic mass is 32.2. The van der Waals surface area contributed by atoms with E-state index >= 15 is 0 Å². The standard InChI is InChI=1S/C21H22F4N6O3S2/c22-15(23)18-28-27-17(35-18)14-8-26-16-13(30-5-3-20(4-6-30)10-34-11-20)7-12(9-31(14)16)36(32,33)29-21(1-2-21)19(24)25/h7-9,15,19,29H,1-6,10-11H2. The predicted molar refractivity (Wildman–Crippen MR) is 122 cm³/mol. The molecule has 2 saturated heterocycles. The van der Waals surface area contributed by atoms with Crippen LogP contribution in [0.5, 0.6) is 0 Å². The van der Waals surface area contributed by atoms with Crippen molar-refractivity contribution < 1.29 is 30.7 Å². The number of anilines is 1. The summed E-state index contributed by atoms with van der Waals surface area (Å²) in [6, 6.07) is 1.44. The van der Waals surface area contributed by atoms with Gasteiger partial charge < -0.3 is 9.64 Å². The van der Waals surface area contributed by atoms with E-state index in [1.165, 1.54) is 22.9 Å². The Bertz CT molecular complexity index is 1410. The van der Waals surface area contributed by atoms with Gasteiger partial charge in [-0.05, 0) is 31.7 Å². The lowest BCUT2D eigenvalue weighted by Gasteiger charge is -2.47. The zero-order valence-electron chi connectivity index (χ0n) is 18.8. The van der Waals surface area contributed by atoms with E-state index in [4.69, 9.17) is 4.74 Å². The van der Waals surface area contributed by atoms with Crippen molar-refractivity contribution in [2.24, 2.45) is 5.41 Å². The van der Waals surface area contributed by atoms with Gasteiger partial charge in [0.15, 0.2) is 15.7 Å². The SMILES string of the molecule is O=S(=O)(NC1(C(F)F)CC1)c1cc(N2CCC3(CC2)COC3)c2ncc(-c3nnc(C(F)F)s3)n2c1. The van der Waals surface area contributed by atoms with Gasteiger partial charge in [-0.15, -0.1) is 10.2 Å². The van der Waals surface area contributed by atoms with Gasteiger partial charge in [0.2, 0.25) is 10.0 Å². The number of pyridine rings is 1. The minimum Gasteiger partial charge on any atom is -0.380 e. The number of aromatic nitrogens is 4. The van der Waals surface area contributed by atoms with Crippen LogP contribution < -0.4 is 9.62 Å². The predicted octanol–water partition coefficient (Wildman–Crippen LogP) is 3.48. The van der Waals surface area contributed by atoms with Crippen LogP contribution >= 0.6 is 11.3 Å². The number of fused-ring (bicyclic) bond motifs is 1. The second-order valence-corrected chi connectivity index (χ2v) is 12.4. The van der Waals surface area contributed by atoms with Gasteiger partial charge >= 0.3 is 0 Å². The first kappa shape index (κ1) is 24.0. The average Bonchev–Trinajstić information content (AvgIpc) is 3.24. The summed E-state index contributed by atoms with van der Waals surface area (Å²) in [5.41, 5.74) is -0.428. The molecule has 0 aromatic carbocycles. The van der Waals surface area contributed by atoms with E-state index in [0.29, 0.717) is 49.0 Å². The van der Waals surface area contributed by atoms with Crippen molar-refractivity contribution in [2.45, 2.75) is 49.0 Å². The number of halogens is 4. The maximum Gasteiger partial charge on any atom is 0.291 e. The molecule has 0 radical (unpaired) electrons. The van der Waals surface area contributed by atoms with E-state index in [1.54, 1.807) is 0 Å². The second-order valence-electron chi connectivity index (χ2n) is 9.69. The fraction of sp³-hybridized carbons (Fsp3) is 0.571. The molecule has 3 aliphatic rings. The molecule has 9 nitrogen and oxygen atoms in total. The molecule has 2 aliphatic heterocycles. The number of imidazole rings is 1. The zero-order valence-corrected chi connectivity index (χ0v) is 20.5. The molecule has 0 amide bonds. The third kappa shape index (κ3) is 3.96. The fourth-order valence-electron chi connectivity index (χ4n) is 4.74. The van der Waals surface area contributed by atoms with Crippen molar-refractivity contribution >= 4 is 32.7 Å². The fourth-order valence-corrected chi connectivity index (χ4v) is 6.90. The number of rotatable bonds is 7. The molecule has 1 saturated carbocycles. The van der Waals surface area contributed by atoms with Crippen LogP contribution in [-0.2, 0) is 14.8 Å². The number of nitrogens with one attached hydrogen (secondary N) is 1. The van der Waals surface area contributed by atoms with E-state index < -0.39 is 33.4 Å². The van der Waals surface area contributed by atoms with Crippen molar-refractivity contribution in [3.8, 4) is 10.7 Å². The molecule has 0 unspecified atom stereocenters. The molecule has 3 fully saturated rings. The monoisotopic (exact) mass is 546 g/mol. The second kappa shape index (κ2) is 8.33. The Hall–Kier alpha value is -2.36. The molecule has 0 bridgehead atoms. The number of hydrogen-bond acceptors (Lipinski definition) is 8. The van der Waals surface area contributed by atoms with Crippen LogP contribution in [0.15, 0.2) is 23.4 Å². The lowest BCUT2D eigenvalue weighted by Crippen LogP contribution is -2.51. The number of sulfonamides is 1. The first-order valence-corrected chi connectivity index (χ1v) is 13.7. The van der Waals surface area contributed by atoms with Crippen LogP contribution in [0.3, 0.4) is 0 Å². The number of hydrogen-bond donors (Lipinski definition) is 1. The van der Waals surface area contributed by atoms with Crippen LogP contribution in [0.2, 0.25) is 0 Å². The Morgan fingerprint density at radius 2 is 1.81 bits per heavy atom. The van der Waals surface area contributed by atoms with Crippen LogP contribution in [0.1, 0.15) is 37.1 Å². The van der Waals surface area contributed by atoms with Crippen molar-refractivity contribution in [1.29, 1.82) is 0 Å². The van der Waals surface area contributed by atoms with E-state index in [9.17, 15) is 26.0 Å². The topological polar surface area (TPSA) is 102 Å². The van der Waals surface area contributed by atoms with Gasteiger partial charge in [0.05, 0.1) is 30.6 Å². The van der Waals surface area contributed by atoms with E-state index in [0.717, 1.165) is 12.8 Å². The molecule has 1 N–H and O–H groups in total. The number of alkyl halides is 4. The maximum absolute atomic E-state index is 13.5. The Morgan fingerprint density at radius 3 is 2.36 bits per heavy atom. The van der Waals surface area contributed by atoms with E-state index in [-0.39, 0.29) is 33.9 Å². The quantitative estimate of drug-likeness (QED) is 0.453. The van der Waals surface area contributed by atoms with Gasteiger partial charge in [-0.25, -0.2) is 31.0 Å². The van der Waals surface area contributed by atoms with Gasteiger partial charge in [0.25, 0.3) is 12.9 Å². The number of piperidine rings is 1. The summed E-state index contributed by atoms with van der Waals surface area (Å²) in [6.07, 6.45) is -1.15. The smallest absolute Gasteiger partial charge is 0.291 e. The minimum absolute atomic E-state index is 0.0484. The molecule has 3 aromatic rings. The molecule has 194 valence electrons. The molecule has 1 aliphatic carbocycles. The first-order chi connectivity index (χ1) is 17.1. The molecule has 3 aromatic heterocycles. The summed E-state index contributed by atoms with van der Waals surface area (Å²) >= 11 is 0.678. The highest BCUT2D eigenvalue weighted by Gasteiger charge is 2.54. The molecular formula is C21H22F4N6O3S2. The minimum atomic E-state index is -4.33. The van der Waals surface area contributed by atoms with Gasteiger partial charge in [-0.2, -0.15) is 4.72 Å². The van der Waals surface area contributed by atoms with Crippen LogP contribution in [0, 0.1) is 5.41 Å². The Morgan fingerprint density at radius 1 is 1.08 bits per heavy atom. The van der Waals surface area contributed by atoms with Crippen LogP contribution in [-0.4, -0.2) is 66.3 Å². The largest absolute Gasteiger partial charge is 0.380 e. The summed E-state index contributed by atoms with van der Waals surface area (Å²) in [5.74, 6) is 0. The molecule has 0 atom stereocenters. The summed E-state index contributed by atoms with van der Waals surface area (Å²) in [5, 5.41) is 7.01.